The third-order valence-corrected chi connectivity index (χ3v) is 3.28. The van der Waals surface area contributed by atoms with Crippen molar-refractivity contribution < 1.29 is 4.39 Å². The molecule has 16 heavy (non-hydrogen) atoms. The molecule has 0 fully saturated rings. The predicted octanol–water partition coefficient (Wildman–Crippen LogP) is 5.06. The summed E-state index contributed by atoms with van der Waals surface area (Å²) in [4.78, 5) is 0. The van der Waals surface area contributed by atoms with Gasteiger partial charge in [-0.1, -0.05) is 62.2 Å². The molecule has 0 heterocycles. The van der Waals surface area contributed by atoms with Crippen molar-refractivity contribution in [1.82, 2.24) is 0 Å². The summed E-state index contributed by atoms with van der Waals surface area (Å²) in [5, 5.41) is 0. The number of benzene rings is 1. The maximum Gasteiger partial charge on any atom is 0.127 e. The summed E-state index contributed by atoms with van der Waals surface area (Å²) in [6, 6.07) is 6.70. The molecule has 0 N–H and O–H groups in total. The van der Waals surface area contributed by atoms with Gasteiger partial charge in [0.1, 0.15) is 10.3 Å². The molecule has 0 aliphatic rings. The van der Waals surface area contributed by atoms with Gasteiger partial charge >= 0.3 is 0 Å². The van der Waals surface area contributed by atoms with E-state index in [1.165, 1.54) is 6.07 Å². The minimum absolute atomic E-state index is 0.166. The van der Waals surface area contributed by atoms with Crippen LogP contribution in [0.1, 0.15) is 26.3 Å². The van der Waals surface area contributed by atoms with E-state index in [1.807, 2.05) is 26.8 Å². The maximum absolute atomic E-state index is 13.8. The Hall–Kier alpha value is -0.530. The van der Waals surface area contributed by atoms with Crippen molar-refractivity contribution in [3.63, 3.8) is 0 Å². The first-order chi connectivity index (χ1) is 7.38. The minimum Gasteiger partial charge on any atom is -0.207 e. The van der Waals surface area contributed by atoms with E-state index in [0.717, 1.165) is 0 Å². The molecule has 0 radical (unpaired) electrons. The van der Waals surface area contributed by atoms with Crippen LogP contribution in [0, 0.1) is 11.7 Å². The van der Waals surface area contributed by atoms with Crippen molar-refractivity contribution in [3.8, 4) is 0 Å². The third kappa shape index (κ3) is 2.78. The fourth-order valence-electron chi connectivity index (χ4n) is 1.68. The molecule has 1 rings (SSSR count). The van der Waals surface area contributed by atoms with Crippen molar-refractivity contribution in [2.24, 2.45) is 5.92 Å². The van der Waals surface area contributed by atoms with Gasteiger partial charge in [-0.2, -0.15) is 0 Å². The fourth-order valence-corrected chi connectivity index (χ4v) is 2.13. The van der Waals surface area contributed by atoms with Crippen molar-refractivity contribution in [2.45, 2.75) is 26.2 Å². The van der Waals surface area contributed by atoms with E-state index < -0.39 is 5.41 Å². The third-order valence-electron chi connectivity index (χ3n) is 3.06. The molecule has 0 spiro atoms. The van der Waals surface area contributed by atoms with Gasteiger partial charge in [0, 0.05) is 5.41 Å². The van der Waals surface area contributed by atoms with Crippen LogP contribution in [0.4, 0.5) is 4.39 Å². The van der Waals surface area contributed by atoms with E-state index in [0.29, 0.717) is 5.56 Å². The smallest absolute Gasteiger partial charge is 0.127 e. The first kappa shape index (κ1) is 13.5. The zero-order valence-electron chi connectivity index (χ0n) is 9.60. The van der Waals surface area contributed by atoms with E-state index in [2.05, 4.69) is 0 Å². The topological polar surface area (TPSA) is 0 Å². The molecule has 0 saturated carbocycles. The summed E-state index contributed by atoms with van der Waals surface area (Å²) < 4.78 is 13.9. The second-order valence-electron chi connectivity index (χ2n) is 4.35. The highest BCUT2D eigenvalue weighted by molar-refractivity contribution is 6.55. The van der Waals surface area contributed by atoms with Crippen LogP contribution in [-0.4, -0.2) is 0 Å². The molecular weight excluding hydrogens is 246 g/mol. The highest BCUT2D eigenvalue weighted by Crippen LogP contribution is 2.37. The Morgan fingerprint density at radius 2 is 1.88 bits per heavy atom. The Balaban J connectivity index is 3.33. The molecule has 0 amide bonds. The summed E-state index contributed by atoms with van der Waals surface area (Å²) in [5.74, 6) is -0.0403. The second-order valence-corrected chi connectivity index (χ2v) is 5.36. The summed E-state index contributed by atoms with van der Waals surface area (Å²) in [5.41, 5.74) is 0.119. The van der Waals surface area contributed by atoms with Crippen LogP contribution in [0.25, 0.3) is 0 Å². The summed E-state index contributed by atoms with van der Waals surface area (Å²) in [7, 11) is 0. The average molecular weight is 261 g/mol. The average Bonchev–Trinajstić information content (AvgIpc) is 2.16. The van der Waals surface area contributed by atoms with E-state index in [-0.39, 0.29) is 16.2 Å². The lowest BCUT2D eigenvalue weighted by Crippen LogP contribution is -2.27. The van der Waals surface area contributed by atoms with E-state index >= 15 is 0 Å². The van der Waals surface area contributed by atoms with Crippen molar-refractivity contribution in [1.29, 1.82) is 0 Å². The van der Waals surface area contributed by atoms with Crippen LogP contribution in [0.3, 0.4) is 0 Å². The minimum atomic E-state index is -0.496. The molecule has 3 heteroatoms. The molecule has 88 valence electrons. The summed E-state index contributed by atoms with van der Waals surface area (Å²) in [6.07, 6.45) is 1.69. The van der Waals surface area contributed by atoms with Gasteiger partial charge in [0.05, 0.1) is 0 Å². The Kier molecular flexibility index (Phi) is 4.40. The van der Waals surface area contributed by atoms with Gasteiger partial charge in [-0.25, -0.2) is 4.39 Å². The molecule has 1 atom stereocenters. The van der Waals surface area contributed by atoms with E-state index in [4.69, 9.17) is 23.2 Å². The van der Waals surface area contributed by atoms with E-state index in [9.17, 15) is 4.39 Å². The molecule has 0 aliphatic carbocycles. The second kappa shape index (κ2) is 5.20. The van der Waals surface area contributed by atoms with Crippen LogP contribution in [-0.2, 0) is 5.41 Å². The Labute approximate surface area is 106 Å². The molecule has 0 nitrogen and oxygen atoms in total. The Bertz CT molecular complexity index is 395. The standard InChI is InChI=1S/C13H15Cl2F/c1-9(2)13(3,8-12(14)15)10-6-4-5-7-11(10)16/h4-9H,1-3H3. The maximum atomic E-state index is 13.8. The molecule has 0 aliphatic heterocycles. The molecule has 1 aromatic carbocycles. The number of rotatable bonds is 3. The zero-order chi connectivity index (χ0) is 12.3. The number of allylic oxidation sites excluding steroid dienone is 1. The highest BCUT2D eigenvalue weighted by Gasteiger charge is 2.31. The van der Waals surface area contributed by atoms with Crippen LogP contribution in [0.2, 0.25) is 0 Å². The van der Waals surface area contributed by atoms with Crippen LogP contribution >= 0.6 is 23.2 Å². The number of hydrogen-bond donors (Lipinski definition) is 0. The Morgan fingerprint density at radius 1 is 1.31 bits per heavy atom. The van der Waals surface area contributed by atoms with Crippen LogP contribution in [0.15, 0.2) is 34.8 Å². The van der Waals surface area contributed by atoms with Gasteiger partial charge < -0.3 is 0 Å². The van der Waals surface area contributed by atoms with E-state index in [1.54, 1.807) is 18.2 Å². The SMILES string of the molecule is CC(C)C(C)(C=C(Cl)Cl)c1ccccc1F. The lowest BCUT2D eigenvalue weighted by atomic mass is 9.73. The van der Waals surface area contributed by atoms with Crippen molar-refractivity contribution in [3.05, 3.63) is 46.2 Å². The van der Waals surface area contributed by atoms with Gasteiger partial charge in [0.15, 0.2) is 0 Å². The summed E-state index contributed by atoms with van der Waals surface area (Å²) >= 11 is 11.4. The molecule has 0 bridgehead atoms. The van der Waals surface area contributed by atoms with Gasteiger partial charge in [0.25, 0.3) is 0 Å². The first-order valence-electron chi connectivity index (χ1n) is 5.17. The van der Waals surface area contributed by atoms with Gasteiger partial charge in [-0.15, -0.1) is 0 Å². The van der Waals surface area contributed by atoms with Crippen molar-refractivity contribution in [2.75, 3.05) is 0 Å². The quantitative estimate of drug-likeness (QED) is 0.713. The van der Waals surface area contributed by atoms with Crippen molar-refractivity contribution >= 4 is 23.2 Å². The molecule has 0 saturated heterocycles. The fraction of sp³-hybridized carbons (Fsp3) is 0.385. The van der Waals surface area contributed by atoms with Gasteiger partial charge in [-0.3, -0.25) is 0 Å². The molecular formula is C13H15Cl2F. The number of halogens is 3. The number of hydrogen-bond acceptors (Lipinski definition) is 0. The van der Waals surface area contributed by atoms with Gasteiger partial charge in [-0.05, 0) is 23.6 Å². The zero-order valence-corrected chi connectivity index (χ0v) is 11.1. The lowest BCUT2D eigenvalue weighted by molar-refractivity contribution is 0.401. The lowest BCUT2D eigenvalue weighted by Gasteiger charge is -2.31. The largest absolute Gasteiger partial charge is 0.207 e. The Morgan fingerprint density at radius 3 is 2.31 bits per heavy atom. The normalized spacial score (nSPS) is 14.7. The van der Waals surface area contributed by atoms with Crippen LogP contribution < -0.4 is 0 Å². The molecule has 0 aromatic heterocycles. The monoisotopic (exact) mass is 260 g/mol. The highest BCUT2D eigenvalue weighted by atomic mass is 35.5. The first-order valence-corrected chi connectivity index (χ1v) is 5.92. The molecule has 1 unspecified atom stereocenters. The predicted molar refractivity (Wildman–Crippen MR) is 68.4 cm³/mol. The van der Waals surface area contributed by atoms with Crippen LogP contribution in [0.5, 0.6) is 0 Å². The summed E-state index contributed by atoms with van der Waals surface area (Å²) in [6.45, 7) is 5.96. The molecule has 1 aromatic rings. The van der Waals surface area contributed by atoms with Gasteiger partial charge in [0.2, 0.25) is 0 Å².